The largest absolute Gasteiger partial charge is 0.321 e. The van der Waals surface area contributed by atoms with Gasteiger partial charge in [-0.05, 0) is 36.0 Å². The maximum Gasteiger partial charge on any atom is 0.0458 e. The fourth-order valence-corrected chi connectivity index (χ4v) is 3.44. The fourth-order valence-electron chi connectivity index (χ4n) is 3.44. The molecule has 0 heterocycles. The molecule has 2 N–H and O–H groups in total. The van der Waals surface area contributed by atoms with Crippen molar-refractivity contribution in [2.45, 2.75) is 40.2 Å². The van der Waals surface area contributed by atoms with Crippen LogP contribution in [0.3, 0.4) is 0 Å². The summed E-state index contributed by atoms with van der Waals surface area (Å²) in [5.41, 5.74) is 10.4. The van der Waals surface area contributed by atoms with E-state index in [2.05, 4.69) is 71.0 Å². The molecule has 1 aliphatic rings. The molecule has 0 fully saturated rings. The van der Waals surface area contributed by atoms with Crippen LogP contribution < -0.4 is 5.73 Å². The highest BCUT2D eigenvalue weighted by atomic mass is 14.8. The Morgan fingerprint density at radius 3 is 2.21 bits per heavy atom. The molecular formula is C18H25N. The summed E-state index contributed by atoms with van der Waals surface area (Å²) in [6.45, 7) is 11.1. The maximum atomic E-state index is 6.77. The van der Waals surface area contributed by atoms with Gasteiger partial charge in [-0.15, -0.1) is 0 Å². The lowest BCUT2D eigenvalue weighted by atomic mass is 9.63. The van der Waals surface area contributed by atoms with Crippen molar-refractivity contribution in [3.8, 4) is 0 Å². The summed E-state index contributed by atoms with van der Waals surface area (Å²) >= 11 is 0. The van der Waals surface area contributed by atoms with E-state index < -0.39 is 0 Å². The summed E-state index contributed by atoms with van der Waals surface area (Å²) in [5, 5.41) is 0. The van der Waals surface area contributed by atoms with Gasteiger partial charge in [0, 0.05) is 11.5 Å². The van der Waals surface area contributed by atoms with Crippen LogP contribution in [0.1, 0.15) is 40.2 Å². The van der Waals surface area contributed by atoms with Gasteiger partial charge in [0.15, 0.2) is 0 Å². The zero-order valence-corrected chi connectivity index (χ0v) is 12.7. The standard InChI is InChI=1S/C18H25N/c1-13-11-12-15(17(2,3)4)18(5,19)16(13)14-9-7-6-8-10-14/h6-12,15H,19H2,1-5H3. The van der Waals surface area contributed by atoms with Crippen LogP contribution in [-0.4, -0.2) is 5.54 Å². The first kappa shape index (κ1) is 14.1. The highest BCUT2D eigenvalue weighted by Gasteiger charge is 2.42. The molecule has 2 atom stereocenters. The molecule has 1 aromatic rings. The van der Waals surface area contributed by atoms with Crippen molar-refractivity contribution in [2.75, 3.05) is 0 Å². The number of allylic oxidation sites excluding steroid dienone is 2. The molecule has 0 bridgehead atoms. The zero-order valence-electron chi connectivity index (χ0n) is 12.7. The van der Waals surface area contributed by atoms with Gasteiger partial charge in [-0.2, -0.15) is 0 Å². The molecule has 0 saturated carbocycles. The summed E-state index contributed by atoms with van der Waals surface area (Å²) in [6.07, 6.45) is 4.51. The number of hydrogen-bond acceptors (Lipinski definition) is 1. The molecule has 1 nitrogen and oxygen atoms in total. The van der Waals surface area contributed by atoms with Crippen LogP contribution in [0, 0.1) is 11.3 Å². The van der Waals surface area contributed by atoms with Gasteiger partial charge >= 0.3 is 0 Å². The Bertz CT molecular complexity index is 512. The van der Waals surface area contributed by atoms with Gasteiger partial charge in [0.05, 0.1) is 0 Å². The Labute approximate surface area is 117 Å². The molecule has 0 amide bonds. The van der Waals surface area contributed by atoms with Crippen molar-refractivity contribution >= 4 is 5.57 Å². The molecule has 1 aliphatic carbocycles. The molecule has 19 heavy (non-hydrogen) atoms. The predicted molar refractivity (Wildman–Crippen MR) is 83.7 cm³/mol. The Hall–Kier alpha value is -1.34. The Balaban J connectivity index is 2.56. The van der Waals surface area contributed by atoms with Gasteiger partial charge in [0.25, 0.3) is 0 Å². The third kappa shape index (κ3) is 2.52. The van der Waals surface area contributed by atoms with Crippen LogP contribution in [0.5, 0.6) is 0 Å². The molecule has 1 aromatic carbocycles. The lowest BCUT2D eigenvalue weighted by Crippen LogP contribution is -2.51. The van der Waals surface area contributed by atoms with Crippen LogP contribution in [0.25, 0.3) is 5.57 Å². The minimum absolute atomic E-state index is 0.154. The minimum Gasteiger partial charge on any atom is -0.321 e. The van der Waals surface area contributed by atoms with E-state index in [9.17, 15) is 0 Å². The van der Waals surface area contributed by atoms with Gasteiger partial charge in [-0.1, -0.05) is 63.3 Å². The smallest absolute Gasteiger partial charge is 0.0458 e. The molecule has 1 heteroatoms. The highest BCUT2D eigenvalue weighted by molar-refractivity contribution is 5.79. The first-order chi connectivity index (χ1) is 8.74. The summed E-state index contributed by atoms with van der Waals surface area (Å²) in [6, 6.07) is 10.5. The molecule has 0 spiro atoms. The molecule has 0 aliphatic heterocycles. The molecule has 0 saturated heterocycles. The average molecular weight is 255 g/mol. The van der Waals surface area contributed by atoms with E-state index in [0.29, 0.717) is 5.92 Å². The Kier molecular flexibility index (Phi) is 3.44. The van der Waals surface area contributed by atoms with Gasteiger partial charge in [-0.3, -0.25) is 0 Å². The average Bonchev–Trinajstić information content (AvgIpc) is 2.27. The summed E-state index contributed by atoms with van der Waals surface area (Å²) in [4.78, 5) is 0. The third-order valence-corrected chi connectivity index (χ3v) is 4.11. The van der Waals surface area contributed by atoms with E-state index in [-0.39, 0.29) is 11.0 Å². The number of nitrogens with two attached hydrogens (primary N) is 1. The lowest BCUT2D eigenvalue weighted by Gasteiger charge is -2.45. The highest BCUT2D eigenvalue weighted by Crippen LogP contribution is 2.45. The summed E-state index contributed by atoms with van der Waals surface area (Å²) < 4.78 is 0. The topological polar surface area (TPSA) is 26.0 Å². The summed E-state index contributed by atoms with van der Waals surface area (Å²) in [7, 11) is 0. The van der Waals surface area contributed by atoms with Gasteiger partial charge in [-0.25, -0.2) is 0 Å². The van der Waals surface area contributed by atoms with E-state index in [1.54, 1.807) is 0 Å². The first-order valence-corrected chi connectivity index (χ1v) is 6.98. The molecule has 2 unspecified atom stereocenters. The van der Waals surface area contributed by atoms with Crippen molar-refractivity contribution in [2.24, 2.45) is 17.1 Å². The number of hydrogen-bond donors (Lipinski definition) is 1. The number of benzene rings is 1. The van der Waals surface area contributed by atoms with Crippen molar-refractivity contribution in [1.82, 2.24) is 0 Å². The van der Waals surface area contributed by atoms with E-state index in [1.165, 1.54) is 16.7 Å². The van der Waals surface area contributed by atoms with Crippen molar-refractivity contribution in [3.63, 3.8) is 0 Å². The van der Waals surface area contributed by atoms with Gasteiger partial charge in [0.1, 0.15) is 0 Å². The van der Waals surface area contributed by atoms with Crippen LogP contribution in [-0.2, 0) is 0 Å². The van der Waals surface area contributed by atoms with E-state index >= 15 is 0 Å². The van der Waals surface area contributed by atoms with Crippen LogP contribution in [0.2, 0.25) is 0 Å². The molecule has 102 valence electrons. The SMILES string of the molecule is CC1=C(c2ccccc2)C(C)(N)C(C(C)(C)C)C=C1. The van der Waals surface area contributed by atoms with Crippen LogP contribution >= 0.6 is 0 Å². The normalized spacial score (nSPS) is 27.8. The van der Waals surface area contributed by atoms with E-state index in [1.807, 2.05) is 6.07 Å². The predicted octanol–water partition coefficient (Wildman–Crippen LogP) is 4.41. The zero-order chi connectivity index (χ0) is 14.3. The Morgan fingerprint density at radius 2 is 1.68 bits per heavy atom. The second kappa shape index (κ2) is 4.64. The van der Waals surface area contributed by atoms with Crippen molar-refractivity contribution in [1.29, 1.82) is 0 Å². The Morgan fingerprint density at radius 1 is 1.11 bits per heavy atom. The van der Waals surface area contributed by atoms with Gasteiger partial charge < -0.3 is 5.73 Å². The monoisotopic (exact) mass is 255 g/mol. The maximum absolute atomic E-state index is 6.77. The molecule has 2 rings (SSSR count). The van der Waals surface area contributed by atoms with E-state index in [4.69, 9.17) is 5.73 Å². The van der Waals surface area contributed by atoms with Crippen LogP contribution in [0.15, 0.2) is 48.1 Å². The lowest BCUT2D eigenvalue weighted by molar-refractivity contribution is 0.222. The minimum atomic E-state index is -0.335. The van der Waals surface area contributed by atoms with Gasteiger partial charge in [0.2, 0.25) is 0 Å². The van der Waals surface area contributed by atoms with Crippen molar-refractivity contribution in [3.05, 3.63) is 53.6 Å². The summed E-state index contributed by atoms with van der Waals surface area (Å²) in [5.74, 6) is 0.332. The second-order valence-electron chi connectivity index (χ2n) is 6.91. The molecule has 0 aromatic heterocycles. The van der Waals surface area contributed by atoms with Crippen LogP contribution in [0.4, 0.5) is 0 Å². The quantitative estimate of drug-likeness (QED) is 0.790. The number of rotatable bonds is 1. The fraction of sp³-hybridized carbons (Fsp3) is 0.444. The third-order valence-electron chi connectivity index (χ3n) is 4.11. The van der Waals surface area contributed by atoms with Crippen molar-refractivity contribution < 1.29 is 0 Å². The molecule has 0 radical (unpaired) electrons. The molecular weight excluding hydrogens is 230 g/mol. The first-order valence-electron chi connectivity index (χ1n) is 6.98. The second-order valence-corrected chi connectivity index (χ2v) is 6.91. The van der Waals surface area contributed by atoms with E-state index in [0.717, 1.165) is 0 Å².